The molecule has 1 heterocycles. The molecule has 4 aliphatic rings. The van der Waals surface area contributed by atoms with Crippen LogP contribution in [-0.2, 0) is 4.79 Å². The Morgan fingerprint density at radius 2 is 1.91 bits per heavy atom. The van der Waals surface area contributed by atoms with Crippen molar-refractivity contribution in [2.24, 2.45) is 34.5 Å². The average Bonchev–Trinajstić information content (AvgIpc) is 2.92. The van der Waals surface area contributed by atoms with E-state index in [9.17, 15) is 10.0 Å². The number of amides is 1. The largest absolute Gasteiger partial charge is 0.286 e. The number of nitrogens with zero attached hydrogens (tertiary/aromatic N) is 1. The zero-order chi connectivity index (χ0) is 16.4. The molecule has 0 aromatic carbocycles. The highest BCUT2D eigenvalue weighted by Crippen LogP contribution is 2.65. The second-order valence-electron chi connectivity index (χ2n) is 9.47. The van der Waals surface area contributed by atoms with Crippen molar-refractivity contribution in [3.63, 3.8) is 0 Å². The first-order chi connectivity index (χ1) is 10.9. The summed E-state index contributed by atoms with van der Waals surface area (Å²) in [4.78, 5) is 12.2. The van der Waals surface area contributed by atoms with Crippen LogP contribution < -0.4 is 0 Å². The van der Waals surface area contributed by atoms with Crippen LogP contribution in [0.5, 0.6) is 0 Å². The molecule has 3 heteroatoms. The Morgan fingerprint density at radius 1 is 1.13 bits per heavy atom. The molecule has 1 N–H and O–H groups in total. The summed E-state index contributed by atoms with van der Waals surface area (Å²) in [7, 11) is 0. The molecule has 3 saturated carbocycles. The molecular weight excluding hydrogens is 286 g/mol. The first kappa shape index (κ1) is 15.9. The van der Waals surface area contributed by atoms with E-state index in [0.717, 1.165) is 29.7 Å². The highest BCUT2D eigenvalue weighted by atomic mass is 16.5. The number of carbonyl (C=O) groups excluding carboxylic acids is 1. The standard InChI is InChI=1S/C20H33NO2/c1-4-13-12-18(22)21(23)17-8-7-14-15-6-5-10-19(15,2)11-9-16(14)20(13,17)3/h13-17,23H,4-12H2,1-3H3/t13?,14-,15-,16+,17?,19-,20+/m0/s1. The van der Waals surface area contributed by atoms with Gasteiger partial charge in [-0.2, -0.15) is 0 Å². The highest BCUT2D eigenvalue weighted by molar-refractivity contribution is 5.77. The molecule has 4 fully saturated rings. The van der Waals surface area contributed by atoms with Crippen LogP contribution in [0.4, 0.5) is 0 Å². The summed E-state index contributed by atoms with van der Waals surface area (Å²) in [6, 6.07) is 0.0562. The van der Waals surface area contributed by atoms with Gasteiger partial charge in [-0.1, -0.05) is 33.6 Å². The van der Waals surface area contributed by atoms with Crippen molar-refractivity contribution in [3.05, 3.63) is 0 Å². The molecule has 7 atom stereocenters. The first-order valence-corrected chi connectivity index (χ1v) is 9.92. The molecule has 3 nitrogen and oxygen atoms in total. The van der Waals surface area contributed by atoms with E-state index in [1.165, 1.54) is 38.5 Å². The Labute approximate surface area is 140 Å². The topological polar surface area (TPSA) is 40.5 Å². The molecule has 0 aromatic rings. The molecule has 4 rings (SSSR count). The van der Waals surface area contributed by atoms with Gasteiger partial charge in [0.25, 0.3) is 0 Å². The summed E-state index contributed by atoms with van der Waals surface area (Å²) in [6.07, 6.45) is 10.7. The third kappa shape index (κ3) is 2.01. The van der Waals surface area contributed by atoms with E-state index in [1.807, 2.05) is 0 Å². The Balaban J connectivity index is 1.71. The van der Waals surface area contributed by atoms with Gasteiger partial charge in [-0.15, -0.1) is 0 Å². The molecule has 130 valence electrons. The minimum Gasteiger partial charge on any atom is -0.286 e. The summed E-state index contributed by atoms with van der Waals surface area (Å²) < 4.78 is 0. The van der Waals surface area contributed by atoms with E-state index in [4.69, 9.17) is 0 Å². The van der Waals surface area contributed by atoms with Crippen LogP contribution in [0.25, 0.3) is 0 Å². The summed E-state index contributed by atoms with van der Waals surface area (Å²) in [5.41, 5.74) is 0.694. The molecule has 0 aromatic heterocycles. The summed E-state index contributed by atoms with van der Waals surface area (Å²) in [5.74, 6) is 2.82. The summed E-state index contributed by atoms with van der Waals surface area (Å²) >= 11 is 0. The lowest BCUT2D eigenvalue weighted by molar-refractivity contribution is -0.236. The van der Waals surface area contributed by atoms with Crippen LogP contribution in [-0.4, -0.2) is 22.2 Å². The van der Waals surface area contributed by atoms with Crippen molar-refractivity contribution >= 4 is 5.91 Å². The molecule has 0 radical (unpaired) electrons. The Hall–Kier alpha value is -0.570. The monoisotopic (exact) mass is 319 g/mol. The van der Waals surface area contributed by atoms with Crippen molar-refractivity contribution in [1.82, 2.24) is 5.06 Å². The predicted molar refractivity (Wildman–Crippen MR) is 89.8 cm³/mol. The van der Waals surface area contributed by atoms with Gasteiger partial charge >= 0.3 is 0 Å². The van der Waals surface area contributed by atoms with E-state index in [-0.39, 0.29) is 17.4 Å². The van der Waals surface area contributed by atoms with Crippen LogP contribution in [0.2, 0.25) is 0 Å². The van der Waals surface area contributed by atoms with E-state index in [2.05, 4.69) is 20.8 Å². The maximum absolute atomic E-state index is 12.2. The minimum atomic E-state index is -0.0423. The predicted octanol–water partition coefficient (Wildman–Crippen LogP) is 4.64. The number of fused-ring (bicyclic) bond motifs is 5. The SMILES string of the molecule is CCC1CC(=O)N(O)C2CC[C@@H]3[C@@H](CC[C@]4(C)CCC[C@@H]34)[C@@]12C. The lowest BCUT2D eigenvalue weighted by Gasteiger charge is -2.63. The van der Waals surface area contributed by atoms with Crippen LogP contribution in [0.3, 0.4) is 0 Å². The molecule has 0 spiro atoms. The van der Waals surface area contributed by atoms with Crippen molar-refractivity contribution in [2.75, 3.05) is 0 Å². The lowest BCUT2D eigenvalue weighted by Crippen LogP contribution is -2.64. The van der Waals surface area contributed by atoms with Crippen LogP contribution in [0.15, 0.2) is 0 Å². The van der Waals surface area contributed by atoms with Crippen molar-refractivity contribution in [3.8, 4) is 0 Å². The van der Waals surface area contributed by atoms with Gasteiger partial charge in [0.05, 0.1) is 6.04 Å². The zero-order valence-corrected chi connectivity index (χ0v) is 15.1. The van der Waals surface area contributed by atoms with Gasteiger partial charge in [0.15, 0.2) is 0 Å². The maximum Gasteiger partial charge on any atom is 0.246 e. The van der Waals surface area contributed by atoms with Gasteiger partial charge in [-0.3, -0.25) is 10.0 Å². The van der Waals surface area contributed by atoms with Crippen molar-refractivity contribution < 1.29 is 10.0 Å². The molecule has 0 bridgehead atoms. The Kier molecular flexibility index (Phi) is 3.61. The first-order valence-electron chi connectivity index (χ1n) is 9.92. The van der Waals surface area contributed by atoms with Crippen LogP contribution >= 0.6 is 0 Å². The Bertz CT molecular complexity index is 506. The maximum atomic E-state index is 12.2. The molecule has 1 aliphatic heterocycles. The lowest BCUT2D eigenvalue weighted by atomic mass is 9.45. The van der Waals surface area contributed by atoms with E-state index >= 15 is 0 Å². The van der Waals surface area contributed by atoms with Crippen molar-refractivity contribution in [1.29, 1.82) is 0 Å². The smallest absolute Gasteiger partial charge is 0.246 e. The second-order valence-corrected chi connectivity index (χ2v) is 9.47. The fourth-order valence-electron chi connectivity index (χ4n) is 7.61. The fourth-order valence-corrected chi connectivity index (χ4v) is 7.61. The molecule has 2 unspecified atom stereocenters. The van der Waals surface area contributed by atoms with Gasteiger partial charge in [0.2, 0.25) is 5.91 Å². The fraction of sp³-hybridized carbons (Fsp3) is 0.950. The third-order valence-electron chi connectivity index (χ3n) is 8.85. The number of hydroxylamine groups is 2. The van der Waals surface area contributed by atoms with Crippen molar-refractivity contribution in [2.45, 2.75) is 84.6 Å². The third-order valence-corrected chi connectivity index (χ3v) is 8.85. The molecule has 1 amide bonds. The van der Waals surface area contributed by atoms with Gasteiger partial charge in [0, 0.05) is 6.42 Å². The summed E-state index contributed by atoms with van der Waals surface area (Å²) in [6.45, 7) is 7.19. The van der Waals surface area contributed by atoms with Crippen LogP contribution in [0.1, 0.15) is 78.6 Å². The average molecular weight is 319 g/mol. The second kappa shape index (κ2) is 5.21. The number of carbonyl (C=O) groups is 1. The quantitative estimate of drug-likeness (QED) is 0.716. The van der Waals surface area contributed by atoms with Gasteiger partial charge in [-0.25, -0.2) is 5.06 Å². The number of rotatable bonds is 1. The number of hydrogen-bond donors (Lipinski definition) is 1. The minimum absolute atomic E-state index is 0.0423. The highest BCUT2D eigenvalue weighted by Gasteiger charge is 2.62. The normalized spacial score (nSPS) is 52.8. The molecule has 23 heavy (non-hydrogen) atoms. The molecule has 3 aliphatic carbocycles. The van der Waals surface area contributed by atoms with E-state index in [1.54, 1.807) is 0 Å². The Morgan fingerprint density at radius 3 is 2.65 bits per heavy atom. The van der Waals surface area contributed by atoms with Gasteiger partial charge in [0.1, 0.15) is 0 Å². The van der Waals surface area contributed by atoms with Gasteiger partial charge < -0.3 is 0 Å². The van der Waals surface area contributed by atoms with E-state index in [0.29, 0.717) is 23.7 Å². The summed E-state index contributed by atoms with van der Waals surface area (Å²) in [5, 5.41) is 11.6. The molecule has 1 saturated heterocycles. The van der Waals surface area contributed by atoms with Crippen LogP contribution in [0, 0.1) is 34.5 Å². The van der Waals surface area contributed by atoms with Gasteiger partial charge in [-0.05, 0) is 73.0 Å². The molecular formula is C20H33NO2. The number of piperidine rings is 1. The zero-order valence-electron chi connectivity index (χ0n) is 15.1. The van der Waals surface area contributed by atoms with E-state index < -0.39 is 0 Å². The number of hydrogen-bond acceptors (Lipinski definition) is 2.